The van der Waals surface area contributed by atoms with E-state index < -0.39 is 5.92 Å². The van der Waals surface area contributed by atoms with Gasteiger partial charge in [-0.1, -0.05) is 19.0 Å². The Kier molecular flexibility index (Phi) is 4.30. The molecule has 7 heteroatoms. The summed E-state index contributed by atoms with van der Waals surface area (Å²) in [6.45, 7) is 4.03. The number of carbonyl (C=O) groups excluding carboxylic acids is 2. The minimum Gasteiger partial charge on any atom is -0.409 e. The second kappa shape index (κ2) is 5.51. The highest BCUT2D eigenvalue weighted by molar-refractivity contribution is 6.02. The molecular formula is C10H18N4O3. The van der Waals surface area contributed by atoms with Crippen molar-refractivity contribution in [2.24, 2.45) is 22.7 Å². The van der Waals surface area contributed by atoms with Crippen molar-refractivity contribution in [1.29, 1.82) is 0 Å². The Bertz CT molecular complexity index is 340. The number of nitrogens with zero attached hydrogens (tertiary/aromatic N) is 1. The lowest BCUT2D eigenvalue weighted by atomic mass is 9.93. The van der Waals surface area contributed by atoms with Crippen molar-refractivity contribution in [2.45, 2.75) is 26.3 Å². The molecule has 0 saturated carbocycles. The summed E-state index contributed by atoms with van der Waals surface area (Å²) in [5, 5.41) is 16.8. The lowest BCUT2D eigenvalue weighted by Crippen LogP contribution is -2.46. The molecule has 1 fully saturated rings. The smallest absolute Gasteiger partial charge is 0.231 e. The highest BCUT2D eigenvalue weighted by Gasteiger charge is 2.30. The number of amidine groups is 1. The molecule has 0 aromatic carbocycles. The van der Waals surface area contributed by atoms with E-state index in [1.54, 1.807) is 13.8 Å². The van der Waals surface area contributed by atoms with Crippen molar-refractivity contribution in [2.75, 3.05) is 6.54 Å². The molecule has 1 aliphatic rings. The monoisotopic (exact) mass is 242 g/mol. The number of hydrogen-bond donors (Lipinski definition) is 4. The number of carbonyl (C=O) groups is 2. The van der Waals surface area contributed by atoms with E-state index in [0.29, 0.717) is 6.54 Å². The van der Waals surface area contributed by atoms with Gasteiger partial charge in [0.1, 0.15) is 5.92 Å². The highest BCUT2D eigenvalue weighted by atomic mass is 16.4. The fourth-order valence-electron chi connectivity index (χ4n) is 1.84. The molecular weight excluding hydrogens is 224 g/mol. The molecule has 0 aliphatic carbocycles. The molecule has 0 spiro atoms. The Morgan fingerprint density at radius 1 is 1.65 bits per heavy atom. The lowest BCUT2D eigenvalue weighted by molar-refractivity contribution is -0.124. The van der Waals surface area contributed by atoms with Crippen molar-refractivity contribution in [3.63, 3.8) is 0 Å². The third-order valence-electron chi connectivity index (χ3n) is 2.71. The maximum Gasteiger partial charge on any atom is 0.231 e. The first kappa shape index (κ1) is 13.3. The standard InChI is InChI=1S/C10H18N4O3/c1-5(2)8(9(11)14-17)10(16)13-6-3-7(15)12-4-6/h5-6,8,17H,3-4H2,1-2H3,(H2,11,14)(H,12,15)(H,13,16). The highest BCUT2D eigenvalue weighted by Crippen LogP contribution is 2.12. The minimum atomic E-state index is -0.685. The van der Waals surface area contributed by atoms with Crippen LogP contribution in [0.4, 0.5) is 0 Å². The van der Waals surface area contributed by atoms with Gasteiger partial charge in [-0.3, -0.25) is 9.59 Å². The van der Waals surface area contributed by atoms with Crippen molar-refractivity contribution >= 4 is 17.6 Å². The average molecular weight is 242 g/mol. The molecule has 2 amide bonds. The second-order valence-electron chi connectivity index (χ2n) is 4.46. The van der Waals surface area contributed by atoms with Gasteiger partial charge >= 0.3 is 0 Å². The van der Waals surface area contributed by atoms with Gasteiger partial charge in [0.05, 0.1) is 6.04 Å². The molecule has 17 heavy (non-hydrogen) atoms. The van der Waals surface area contributed by atoms with E-state index in [4.69, 9.17) is 10.9 Å². The van der Waals surface area contributed by atoms with Crippen LogP contribution in [0.15, 0.2) is 5.16 Å². The normalized spacial score (nSPS) is 22.4. The van der Waals surface area contributed by atoms with Crippen LogP contribution in [0.3, 0.4) is 0 Å². The maximum absolute atomic E-state index is 11.9. The number of rotatable bonds is 4. The Morgan fingerprint density at radius 3 is 2.71 bits per heavy atom. The molecule has 5 N–H and O–H groups in total. The summed E-state index contributed by atoms with van der Waals surface area (Å²) in [6, 6.07) is -0.220. The molecule has 1 aliphatic heterocycles. The number of oxime groups is 1. The Hall–Kier alpha value is -1.79. The van der Waals surface area contributed by atoms with Gasteiger partial charge in [-0.2, -0.15) is 0 Å². The summed E-state index contributed by atoms with van der Waals surface area (Å²) in [4.78, 5) is 22.9. The predicted molar refractivity (Wildman–Crippen MR) is 61.3 cm³/mol. The first-order chi connectivity index (χ1) is 7.95. The Morgan fingerprint density at radius 2 is 2.29 bits per heavy atom. The van der Waals surface area contributed by atoms with Gasteiger partial charge in [0, 0.05) is 13.0 Å². The van der Waals surface area contributed by atoms with Crippen molar-refractivity contribution in [1.82, 2.24) is 10.6 Å². The van der Waals surface area contributed by atoms with E-state index >= 15 is 0 Å². The zero-order valence-electron chi connectivity index (χ0n) is 9.93. The van der Waals surface area contributed by atoms with Crippen LogP contribution in [-0.4, -0.2) is 35.4 Å². The number of hydrogen-bond acceptors (Lipinski definition) is 4. The van der Waals surface area contributed by atoms with E-state index in [1.807, 2.05) is 0 Å². The van der Waals surface area contributed by atoms with Crippen LogP contribution in [0, 0.1) is 11.8 Å². The van der Waals surface area contributed by atoms with Gasteiger partial charge in [-0.15, -0.1) is 0 Å². The summed E-state index contributed by atoms with van der Waals surface area (Å²) >= 11 is 0. The summed E-state index contributed by atoms with van der Waals surface area (Å²) in [6.07, 6.45) is 0.271. The topological polar surface area (TPSA) is 117 Å². The zero-order valence-corrected chi connectivity index (χ0v) is 9.93. The molecule has 1 saturated heterocycles. The van der Waals surface area contributed by atoms with E-state index in [0.717, 1.165) is 0 Å². The molecule has 0 aromatic rings. The summed E-state index contributed by atoms with van der Waals surface area (Å²) in [5.74, 6) is -1.29. The van der Waals surface area contributed by atoms with Crippen molar-refractivity contribution < 1.29 is 14.8 Å². The lowest BCUT2D eigenvalue weighted by Gasteiger charge is -2.20. The summed E-state index contributed by atoms with van der Waals surface area (Å²) in [7, 11) is 0. The number of nitrogens with one attached hydrogen (secondary N) is 2. The van der Waals surface area contributed by atoms with Gasteiger partial charge in [-0.05, 0) is 5.92 Å². The fraction of sp³-hybridized carbons (Fsp3) is 0.700. The quantitative estimate of drug-likeness (QED) is 0.219. The first-order valence-electron chi connectivity index (χ1n) is 5.50. The number of nitrogens with two attached hydrogens (primary N) is 1. The molecule has 1 rings (SSSR count). The number of amides is 2. The Labute approximate surface area is 99.4 Å². The largest absolute Gasteiger partial charge is 0.409 e. The first-order valence-corrected chi connectivity index (χ1v) is 5.50. The van der Waals surface area contributed by atoms with Crippen LogP contribution >= 0.6 is 0 Å². The second-order valence-corrected chi connectivity index (χ2v) is 4.46. The van der Waals surface area contributed by atoms with Crippen LogP contribution < -0.4 is 16.4 Å². The van der Waals surface area contributed by atoms with Crippen LogP contribution in [0.2, 0.25) is 0 Å². The van der Waals surface area contributed by atoms with E-state index in [9.17, 15) is 9.59 Å². The van der Waals surface area contributed by atoms with Gasteiger partial charge in [0.2, 0.25) is 11.8 Å². The molecule has 1 heterocycles. The minimum absolute atomic E-state index is 0.0832. The summed E-state index contributed by atoms with van der Waals surface area (Å²) in [5.41, 5.74) is 5.48. The third kappa shape index (κ3) is 3.33. The van der Waals surface area contributed by atoms with E-state index in [1.165, 1.54) is 0 Å². The molecule has 0 bridgehead atoms. The molecule has 96 valence electrons. The molecule has 0 aromatic heterocycles. The van der Waals surface area contributed by atoms with E-state index in [-0.39, 0.29) is 36.0 Å². The van der Waals surface area contributed by atoms with Crippen LogP contribution in [0.25, 0.3) is 0 Å². The molecule has 7 nitrogen and oxygen atoms in total. The van der Waals surface area contributed by atoms with Gasteiger partial charge in [0.15, 0.2) is 5.84 Å². The van der Waals surface area contributed by atoms with E-state index in [2.05, 4.69) is 15.8 Å². The molecule has 2 atom stereocenters. The van der Waals surface area contributed by atoms with Crippen molar-refractivity contribution in [3.05, 3.63) is 0 Å². The fourth-order valence-corrected chi connectivity index (χ4v) is 1.84. The van der Waals surface area contributed by atoms with Crippen LogP contribution in [-0.2, 0) is 9.59 Å². The van der Waals surface area contributed by atoms with Crippen molar-refractivity contribution in [3.8, 4) is 0 Å². The van der Waals surface area contributed by atoms with Crippen LogP contribution in [0.1, 0.15) is 20.3 Å². The zero-order chi connectivity index (χ0) is 13.0. The van der Waals surface area contributed by atoms with Crippen LogP contribution in [0.5, 0.6) is 0 Å². The average Bonchev–Trinajstić information content (AvgIpc) is 2.63. The Balaban J connectivity index is 2.63. The predicted octanol–water partition coefficient (Wildman–Crippen LogP) is -0.990. The SMILES string of the molecule is CC(C)C(C(=O)NC1CNC(=O)C1)C(N)=NO. The third-order valence-corrected chi connectivity index (χ3v) is 2.71. The maximum atomic E-state index is 11.9. The molecule has 0 radical (unpaired) electrons. The van der Waals surface area contributed by atoms with Gasteiger partial charge < -0.3 is 21.6 Å². The van der Waals surface area contributed by atoms with Gasteiger partial charge in [0.25, 0.3) is 0 Å². The molecule has 2 unspecified atom stereocenters. The summed E-state index contributed by atoms with van der Waals surface area (Å²) < 4.78 is 0. The van der Waals surface area contributed by atoms with Gasteiger partial charge in [-0.25, -0.2) is 0 Å².